The Bertz CT molecular complexity index is 950. The molecule has 1 unspecified atom stereocenters. The van der Waals surface area contributed by atoms with Gasteiger partial charge in [0.15, 0.2) is 5.69 Å². The number of ether oxygens (including phenoxy) is 1. The third kappa shape index (κ3) is 2.92. The SMILES string of the molecule is CCOC(=O)c1csc(C2CCCN2c2ncnc3cccc(C)c23)n1. The maximum Gasteiger partial charge on any atom is 0.357 e. The van der Waals surface area contributed by atoms with E-state index in [1.165, 1.54) is 11.3 Å². The molecule has 0 bridgehead atoms. The van der Waals surface area contributed by atoms with Crippen molar-refractivity contribution in [3.63, 3.8) is 0 Å². The van der Waals surface area contributed by atoms with E-state index in [9.17, 15) is 4.79 Å². The minimum absolute atomic E-state index is 0.126. The molecule has 1 saturated heterocycles. The van der Waals surface area contributed by atoms with Crippen LogP contribution in [0.25, 0.3) is 10.9 Å². The molecule has 0 amide bonds. The summed E-state index contributed by atoms with van der Waals surface area (Å²) < 4.78 is 5.06. The van der Waals surface area contributed by atoms with E-state index in [4.69, 9.17) is 4.74 Å². The molecule has 7 heteroatoms. The van der Waals surface area contributed by atoms with Crippen molar-refractivity contribution in [2.75, 3.05) is 18.1 Å². The summed E-state index contributed by atoms with van der Waals surface area (Å²) in [5.74, 6) is 0.589. The molecule has 2 aromatic heterocycles. The standard InChI is InChI=1S/C19H20N4O2S/c1-3-25-19(24)14-10-26-18(22-14)15-8-5-9-23(15)17-16-12(2)6-4-7-13(16)20-11-21-17/h4,6-7,10-11,15H,3,5,8-9H2,1-2H3. The Hall–Kier alpha value is -2.54. The Labute approximate surface area is 155 Å². The number of aryl methyl sites for hydroxylation is 1. The normalized spacial score (nSPS) is 17.0. The fraction of sp³-hybridized carbons (Fsp3) is 0.368. The Balaban J connectivity index is 1.71. The van der Waals surface area contributed by atoms with E-state index in [1.807, 2.05) is 12.1 Å². The summed E-state index contributed by atoms with van der Waals surface area (Å²) in [7, 11) is 0. The van der Waals surface area contributed by atoms with Gasteiger partial charge in [0, 0.05) is 17.3 Å². The third-order valence-corrected chi connectivity index (χ3v) is 5.61. The molecule has 1 aliphatic rings. The lowest BCUT2D eigenvalue weighted by Gasteiger charge is -2.25. The predicted octanol–water partition coefficient (Wildman–Crippen LogP) is 3.91. The molecule has 1 fully saturated rings. The number of benzene rings is 1. The highest BCUT2D eigenvalue weighted by Gasteiger charge is 2.31. The molecule has 1 aliphatic heterocycles. The summed E-state index contributed by atoms with van der Waals surface area (Å²) in [6.45, 7) is 5.15. The lowest BCUT2D eigenvalue weighted by Crippen LogP contribution is -2.24. The second-order valence-corrected chi connectivity index (χ2v) is 7.20. The first-order valence-electron chi connectivity index (χ1n) is 8.78. The van der Waals surface area contributed by atoms with Crippen LogP contribution in [-0.2, 0) is 4.74 Å². The molecule has 1 aromatic carbocycles. The van der Waals surface area contributed by atoms with Gasteiger partial charge in [0.25, 0.3) is 0 Å². The van der Waals surface area contributed by atoms with Crippen LogP contribution in [-0.4, -0.2) is 34.1 Å². The van der Waals surface area contributed by atoms with E-state index in [0.29, 0.717) is 12.3 Å². The van der Waals surface area contributed by atoms with Gasteiger partial charge in [-0.2, -0.15) is 0 Å². The first kappa shape index (κ1) is 16.9. The van der Waals surface area contributed by atoms with Crippen LogP contribution in [0.4, 0.5) is 5.82 Å². The third-order valence-electron chi connectivity index (χ3n) is 4.67. The Morgan fingerprint density at radius 1 is 1.38 bits per heavy atom. The van der Waals surface area contributed by atoms with Gasteiger partial charge < -0.3 is 9.64 Å². The van der Waals surface area contributed by atoms with Crippen LogP contribution >= 0.6 is 11.3 Å². The Morgan fingerprint density at radius 2 is 2.27 bits per heavy atom. The number of fused-ring (bicyclic) bond motifs is 1. The molecular formula is C19H20N4O2S. The van der Waals surface area contributed by atoms with Crippen LogP contribution in [0.5, 0.6) is 0 Å². The van der Waals surface area contributed by atoms with E-state index >= 15 is 0 Å². The fourth-order valence-electron chi connectivity index (χ4n) is 3.50. The maximum absolute atomic E-state index is 11.9. The second-order valence-electron chi connectivity index (χ2n) is 6.31. The first-order valence-corrected chi connectivity index (χ1v) is 9.66. The zero-order valence-electron chi connectivity index (χ0n) is 14.8. The number of hydrogen-bond acceptors (Lipinski definition) is 7. The van der Waals surface area contributed by atoms with Crippen LogP contribution in [0.15, 0.2) is 29.9 Å². The van der Waals surface area contributed by atoms with Gasteiger partial charge in [-0.05, 0) is 38.3 Å². The van der Waals surface area contributed by atoms with Gasteiger partial charge in [-0.25, -0.2) is 19.7 Å². The highest BCUT2D eigenvalue weighted by atomic mass is 32.1. The number of carbonyl (C=O) groups excluding carboxylic acids is 1. The molecule has 0 saturated carbocycles. The van der Waals surface area contributed by atoms with E-state index in [1.54, 1.807) is 18.6 Å². The summed E-state index contributed by atoms with van der Waals surface area (Å²) in [6, 6.07) is 6.24. The van der Waals surface area contributed by atoms with Gasteiger partial charge >= 0.3 is 5.97 Å². The average Bonchev–Trinajstić information content (AvgIpc) is 3.31. The summed E-state index contributed by atoms with van der Waals surface area (Å²) in [4.78, 5) is 27.8. The van der Waals surface area contributed by atoms with Crippen molar-refractivity contribution in [2.45, 2.75) is 32.7 Å². The number of carbonyl (C=O) groups is 1. The predicted molar refractivity (Wildman–Crippen MR) is 102 cm³/mol. The zero-order valence-corrected chi connectivity index (χ0v) is 15.6. The van der Waals surface area contributed by atoms with Crippen molar-refractivity contribution in [1.29, 1.82) is 0 Å². The first-order chi connectivity index (χ1) is 12.7. The van der Waals surface area contributed by atoms with Gasteiger partial charge in [0.1, 0.15) is 17.2 Å². The quantitative estimate of drug-likeness (QED) is 0.650. The molecular weight excluding hydrogens is 348 g/mol. The molecule has 134 valence electrons. The monoisotopic (exact) mass is 368 g/mol. The zero-order chi connectivity index (χ0) is 18.1. The summed E-state index contributed by atoms with van der Waals surface area (Å²) in [6.07, 6.45) is 3.68. The number of hydrogen-bond donors (Lipinski definition) is 0. The summed E-state index contributed by atoms with van der Waals surface area (Å²) in [5.41, 5.74) is 2.50. The molecule has 0 aliphatic carbocycles. The molecule has 3 aromatic rings. The van der Waals surface area contributed by atoms with Crippen molar-refractivity contribution in [3.05, 3.63) is 46.2 Å². The number of nitrogens with zero attached hydrogens (tertiary/aromatic N) is 4. The highest BCUT2D eigenvalue weighted by Crippen LogP contribution is 2.39. The Kier molecular flexibility index (Phi) is 4.55. The van der Waals surface area contributed by atoms with E-state index in [2.05, 4.69) is 32.8 Å². The minimum Gasteiger partial charge on any atom is -0.461 e. The van der Waals surface area contributed by atoms with Crippen LogP contribution < -0.4 is 4.90 Å². The van der Waals surface area contributed by atoms with E-state index < -0.39 is 0 Å². The molecule has 6 nitrogen and oxygen atoms in total. The summed E-state index contributed by atoms with van der Waals surface area (Å²) in [5, 5.41) is 3.81. The van der Waals surface area contributed by atoms with Crippen molar-refractivity contribution < 1.29 is 9.53 Å². The molecule has 0 radical (unpaired) electrons. The molecule has 0 spiro atoms. The topological polar surface area (TPSA) is 68.2 Å². The fourth-order valence-corrected chi connectivity index (χ4v) is 4.43. The maximum atomic E-state index is 11.9. The minimum atomic E-state index is -0.358. The van der Waals surface area contributed by atoms with Crippen LogP contribution in [0, 0.1) is 6.92 Å². The van der Waals surface area contributed by atoms with Gasteiger partial charge in [0.2, 0.25) is 0 Å². The molecule has 3 heterocycles. The molecule has 0 N–H and O–H groups in total. The number of esters is 1. The van der Waals surface area contributed by atoms with Crippen LogP contribution in [0.3, 0.4) is 0 Å². The van der Waals surface area contributed by atoms with E-state index in [-0.39, 0.29) is 12.0 Å². The average molecular weight is 368 g/mol. The van der Waals surface area contributed by atoms with Gasteiger partial charge in [0.05, 0.1) is 18.2 Å². The Morgan fingerprint density at radius 3 is 3.12 bits per heavy atom. The number of thiazole rings is 1. The van der Waals surface area contributed by atoms with Crippen molar-refractivity contribution in [2.24, 2.45) is 0 Å². The smallest absolute Gasteiger partial charge is 0.357 e. The lowest BCUT2D eigenvalue weighted by atomic mass is 10.1. The van der Waals surface area contributed by atoms with Crippen molar-refractivity contribution in [3.8, 4) is 0 Å². The van der Waals surface area contributed by atoms with Gasteiger partial charge in [-0.1, -0.05) is 12.1 Å². The molecule has 4 rings (SSSR count). The van der Waals surface area contributed by atoms with Crippen LogP contribution in [0.1, 0.15) is 46.9 Å². The largest absolute Gasteiger partial charge is 0.461 e. The van der Waals surface area contributed by atoms with Crippen molar-refractivity contribution in [1.82, 2.24) is 15.0 Å². The van der Waals surface area contributed by atoms with Crippen LogP contribution in [0.2, 0.25) is 0 Å². The number of anilines is 1. The summed E-state index contributed by atoms with van der Waals surface area (Å²) >= 11 is 1.51. The second kappa shape index (κ2) is 6.99. The number of rotatable bonds is 4. The molecule has 26 heavy (non-hydrogen) atoms. The lowest BCUT2D eigenvalue weighted by molar-refractivity contribution is 0.0520. The molecule has 1 atom stereocenters. The van der Waals surface area contributed by atoms with Gasteiger partial charge in [-0.15, -0.1) is 11.3 Å². The van der Waals surface area contributed by atoms with Crippen molar-refractivity contribution >= 4 is 34.0 Å². The number of aromatic nitrogens is 3. The van der Waals surface area contributed by atoms with E-state index in [0.717, 1.165) is 46.7 Å². The highest BCUT2D eigenvalue weighted by molar-refractivity contribution is 7.10. The van der Waals surface area contributed by atoms with Gasteiger partial charge in [-0.3, -0.25) is 0 Å².